The molecule has 2 aliphatic rings. The van der Waals surface area contributed by atoms with Gasteiger partial charge in [0.2, 0.25) is 0 Å². The third kappa shape index (κ3) is 6.79. The first kappa shape index (κ1) is 35.3. The molecule has 0 amide bonds. The highest BCUT2D eigenvalue weighted by molar-refractivity contribution is 6.02. The number of aromatic carboxylic acids is 1. The third-order valence-corrected chi connectivity index (χ3v) is 10.8. The predicted octanol–water partition coefficient (Wildman–Crippen LogP) is 13.2. The van der Waals surface area contributed by atoms with Crippen LogP contribution in [0.25, 0.3) is 103 Å². The van der Waals surface area contributed by atoms with Crippen molar-refractivity contribution < 1.29 is 9.90 Å². The molecule has 0 unspecified atom stereocenters. The second-order valence-electron chi connectivity index (χ2n) is 14.5. The Balaban J connectivity index is 1.38. The standard InChI is InChI=1S/C53H36N4O2/c58-53(59)39-24-21-34(22-25-39)23-26-40-33-47-50(37-17-9-3-10-18-37)45-30-29-43(55-45)48(35-13-5-1-6-14-35)41-27-28-42(54-41)49(36-15-7-2-8-16-36)44-31-32-46(56-44)51(52(40)57-47)38-19-11-4-12-20-38/h1-33,54,57H,(H,58,59)/b26-23+,48-41?,48-43?,49-42?,49-44?,50-45?,50-47?,51-46?,52-51?. The summed E-state index contributed by atoms with van der Waals surface area (Å²) < 4.78 is 0. The predicted molar refractivity (Wildman–Crippen MR) is 243 cm³/mol. The van der Waals surface area contributed by atoms with Crippen LogP contribution in [0.2, 0.25) is 0 Å². The average Bonchev–Trinajstić information content (AvgIpc) is 4.12. The molecule has 0 radical (unpaired) electrons. The number of carbonyl (C=O) groups is 1. The molecular formula is C53H36N4O2. The van der Waals surface area contributed by atoms with Gasteiger partial charge in [-0.1, -0.05) is 146 Å². The molecule has 0 fully saturated rings. The molecule has 5 aromatic carbocycles. The molecule has 2 aliphatic heterocycles. The van der Waals surface area contributed by atoms with Gasteiger partial charge >= 0.3 is 5.97 Å². The second kappa shape index (κ2) is 15.1. The quantitative estimate of drug-likeness (QED) is 0.151. The van der Waals surface area contributed by atoms with E-state index in [0.717, 1.165) is 100 Å². The van der Waals surface area contributed by atoms with E-state index in [9.17, 15) is 9.90 Å². The van der Waals surface area contributed by atoms with Gasteiger partial charge in [0.15, 0.2) is 0 Å². The minimum Gasteiger partial charge on any atom is -0.478 e. The number of aromatic amines is 2. The summed E-state index contributed by atoms with van der Waals surface area (Å²) in [6.07, 6.45) is 12.5. The molecule has 0 spiro atoms. The van der Waals surface area contributed by atoms with Crippen LogP contribution in [0, 0.1) is 0 Å². The van der Waals surface area contributed by atoms with Crippen LogP contribution in [0.1, 0.15) is 44.3 Å². The summed E-state index contributed by atoms with van der Waals surface area (Å²) >= 11 is 0. The molecule has 0 atom stereocenters. The number of nitrogens with one attached hydrogen (secondary N) is 2. The minimum atomic E-state index is -0.955. The van der Waals surface area contributed by atoms with Crippen LogP contribution < -0.4 is 0 Å². The number of fused-ring (bicyclic) bond motifs is 8. The van der Waals surface area contributed by atoms with Gasteiger partial charge in [0.25, 0.3) is 0 Å². The Bertz CT molecular complexity index is 3140. The lowest BCUT2D eigenvalue weighted by molar-refractivity contribution is 0.0697. The fraction of sp³-hybridized carbons (Fsp3) is 0. The number of aromatic nitrogens is 4. The highest BCUT2D eigenvalue weighted by Crippen LogP contribution is 2.39. The molecule has 6 nitrogen and oxygen atoms in total. The number of hydrogen-bond donors (Lipinski definition) is 3. The Labute approximate surface area is 340 Å². The molecule has 59 heavy (non-hydrogen) atoms. The van der Waals surface area contributed by atoms with E-state index in [0.29, 0.717) is 0 Å². The van der Waals surface area contributed by atoms with E-state index in [1.54, 1.807) is 12.1 Å². The van der Waals surface area contributed by atoms with Crippen LogP contribution in [0.4, 0.5) is 0 Å². The number of carboxylic acids is 1. The fourth-order valence-corrected chi connectivity index (χ4v) is 8.00. The van der Waals surface area contributed by atoms with Gasteiger partial charge < -0.3 is 15.1 Å². The van der Waals surface area contributed by atoms with Crippen molar-refractivity contribution >= 4 is 64.5 Å². The maximum atomic E-state index is 11.6. The van der Waals surface area contributed by atoms with E-state index in [2.05, 4.69) is 143 Å². The van der Waals surface area contributed by atoms with Gasteiger partial charge in [-0.15, -0.1) is 0 Å². The molecule has 280 valence electrons. The Morgan fingerprint density at radius 2 is 0.847 bits per heavy atom. The summed E-state index contributed by atoms with van der Waals surface area (Å²) in [5.41, 5.74) is 17.1. The number of nitrogens with zero attached hydrogens (tertiary/aromatic N) is 2. The molecule has 8 aromatic rings. The summed E-state index contributed by atoms with van der Waals surface area (Å²) in [7, 11) is 0. The Hall–Kier alpha value is -8.09. The van der Waals surface area contributed by atoms with Crippen molar-refractivity contribution in [1.82, 2.24) is 19.9 Å². The second-order valence-corrected chi connectivity index (χ2v) is 14.5. The normalized spacial score (nSPS) is 12.0. The largest absolute Gasteiger partial charge is 0.478 e. The lowest BCUT2D eigenvalue weighted by atomic mass is 10.0. The highest BCUT2D eigenvalue weighted by atomic mass is 16.4. The molecule has 3 aromatic heterocycles. The zero-order chi connectivity index (χ0) is 39.7. The van der Waals surface area contributed by atoms with Crippen LogP contribution in [0.15, 0.2) is 164 Å². The van der Waals surface area contributed by atoms with Gasteiger partial charge in [0, 0.05) is 44.4 Å². The molecule has 5 heterocycles. The maximum absolute atomic E-state index is 11.6. The van der Waals surface area contributed by atoms with Gasteiger partial charge in [-0.05, 0) is 82.5 Å². The van der Waals surface area contributed by atoms with Gasteiger partial charge in [0.05, 0.1) is 33.9 Å². The zero-order valence-corrected chi connectivity index (χ0v) is 31.8. The van der Waals surface area contributed by atoms with Crippen molar-refractivity contribution in [3.05, 3.63) is 203 Å². The Kier molecular flexibility index (Phi) is 9.05. The van der Waals surface area contributed by atoms with Gasteiger partial charge in [-0.3, -0.25) is 0 Å². The molecule has 10 rings (SSSR count). The smallest absolute Gasteiger partial charge is 0.335 e. The van der Waals surface area contributed by atoms with Crippen molar-refractivity contribution in [3.63, 3.8) is 0 Å². The lowest BCUT2D eigenvalue weighted by Crippen LogP contribution is -1.94. The number of H-pyrrole nitrogens is 2. The topological polar surface area (TPSA) is 94.7 Å². The fourth-order valence-electron chi connectivity index (χ4n) is 8.00. The van der Waals surface area contributed by atoms with E-state index >= 15 is 0 Å². The maximum Gasteiger partial charge on any atom is 0.335 e. The first-order chi connectivity index (χ1) is 29.1. The summed E-state index contributed by atoms with van der Waals surface area (Å²) in [5.74, 6) is -0.955. The van der Waals surface area contributed by atoms with E-state index < -0.39 is 5.97 Å². The lowest BCUT2D eigenvalue weighted by Gasteiger charge is -2.07. The van der Waals surface area contributed by atoms with Crippen LogP contribution in [-0.4, -0.2) is 31.0 Å². The van der Waals surface area contributed by atoms with Crippen LogP contribution >= 0.6 is 0 Å². The molecule has 0 saturated heterocycles. The van der Waals surface area contributed by atoms with Crippen LogP contribution in [0.5, 0.6) is 0 Å². The van der Waals surface area contributed by atoms with E-state index in [1.165, 1.54) is 0 Å². The minimum absolute atomic E-state index is 0.243. The van der Waals surface area contributed by atoms with Crippen molar-refractivity contribution in [3.8, 4) is 44.5 Å². The number of rotatable bonds is 7. The van der Waals surface area contributed by atoms with Gasteiger partial charge in [-0.2, -0.15) is 0 Å². The van der Waals surface area contributed by atoms with E-state index in [-0.39, 0.29) is 5.56 Å². The molecule has 3 N–H and O–H groups in total. The van der Waals surface area contributed by atoms with Crippen molar-refractivity contribution in [1.29, 1.82) is 0 Å². The third-order valence-electron chi connectivity index (χ3n) is 10.8. The summed E-state index contributed by atoms with van der Waals surface area (Å²) in [6.45, 7) is 0. The molecular weight excluding hydrogens is 725 g/mol. The van der Waals surface area contributed by atoms with Gasteiger partial charge in [-0.25, -0.2) is 14.8 Å². The number of benzene rings is 5. The zero-order valence-electron chi connectivity index (χ0n) is 31.8. The summed E-state index contributed by atoms with van der Waals surface area (Å²) in [4.78, 5) is 30.2. The monoisotopic (exact) mass is 760 g/mol. The number of hydrogen-bond acceptors (Lipinski definition) is 3. The van der Waals surface area contributed by atoms with Crippen LogP contribution in [-0.2, 0) is 0 Å². The van der Waals surface area contributed by atoms with Crippen molar-refractivity contribution in [2.75, 3.05) is 0 Å². The van der Waals surface area contributed by atoms with E-state index in [1.807, 2.05) is 54.6 Å². The highest BCUT2D eigenvalue weighted by Gasteiger charge is 2.20. The molecule has 0 saturated carbocycles. The van der Waals surface area contributed by atoms with Crippen LogP contribution in [0.3, 0.4) is 0 Å². The van der Waals surface area contributed by atoms with Crippen molar-refractivity contribution in [2.24, 2.45) is 0 Å². The number of carboxylic acid groups (broad SMARTS) is 1. The van der Waals surface area contributed by atoms with Crippen molar-refractivity contribution in [2.45, 2.75) is 0 Å². The first-order valence-electron chi connectivity index (χ1n) is 19.5. The van der Waals surface area contributed by atoms with E-state index in [4.69, 9.17) is 9.97 Å². The molecule has 0 aliphatic carbocycles. The Morgan fingerprint density at radius 1 is 0.441 bits per heavy atom. The molecule has 8 bridgehead atoms. The average molecular weight is 761 g/mol. The summed E-state index contributed by atoms with van der Waals surface area (Å²) in [5, 5.41) is 9.53. The molecule has 6 heteroatoms. The SMILES string of the molecule is O=C(O)c1ccc(/C=C/c2cc3[nH]c2c(-c2ccccc2)c2nc(c(-c4ccccc4)c4ccc([nH]4)c(-c4ccccc4)c4nc(c3-c3ccccc3)C=C4)C=C2)cc1. The summed E-state index contributed by atoms with van der Waals surface area (Å²) in [6, 6.07) is 54.9. The Morgan fingerprint density at radius 3 is 1.29 bits per heavy atom. The first-order valence-corrected chi connectivity index (χ1v) is 19.5. The van der Waals surface area contributed by atoms with Gasteiger partial charge in [0.1, 0.15) is 0 Å².